The van der Waals surface area contributed by atoms with Crippen LogP contribution in [-0.4, -0.2) is 53.1 Å². The predicted molar refractivity (Wildman–Crippen MR) is 93.8 cm³/mol. The fraction of sp³-hybridized carbons (Fsp3) is 0.611. The van der Waals surface area contributed by atoms with Crippen LogP contribution in [0.2, 0.25) is 0 Å². The first kappa shape index (κ1) is 19.0. The first-order valence-electron chi connectivity index (χ1n) is 8.65. The van der Waals surface area contributed by atoms with Gasteiger partial charge in [-0.05, 0) is 27.2 Å². The summed E-state index contributed by atoms with van der Waals surface area (Å²) < 4.78 is 4.99. The van der Waals surface area contributed by atoms with Gasteiger partial charge in [-0.1, -0.05) is 18.0 Å². The van der Waals surface area contributed by atoms with Gasteiger partial charge in [-0.3, -0.25) is 14.5 Å². The third-order valence-corrected chi connectivity index (χ3v) is 3.91. The fourth-order valence-electron chi connectivity index (χ4n) is 2.85. The Morgan fingerprint density at radius 3 is 2.80 bits per heavy atom. The summed E-state index contributed by atoms with van der Waals surface area (Å²) in [6.45, 7) is 8.70. The van der Waals surface area contributed by atoms with Crippen molar-refractivity contribution in [3.05, 3.63) is 17.5 Å². The van der Waals surface area contributed by atoms with E-state index in [0.29, 0.717) is 25.2 Å². The van der Waals surface area contributed by atoms with Crippen LogP contribution in [0.1, 0.15) is 49.9 Å². The van der Waals surface area contributed by atoms with Crippen LogP contribution in [0.3, 0.4) is 0 Å². The van der Waals surface area contributed by atoms with Gasteiger partial charge in [0.05, 0.1) is 18.3 Å². The topological polar surface area (TPSA) is 87.5 Å². The molecule has 2 heterocycles. The average molecular weight is 346 g/mol. The van der Waals surface area contributed by atoms with Gasteiger partial charge in [-0.15, -0.1) is 5.92 Å². The zero-order chi connectivity index (χ0) is 18.4. The molecule has 1 aromatic rings. The first-order valence-corrected chi connectivity index (χ1v) is 8.65. The van der Waals surface area contributed by atoms with Crippen molar-refractivity contribution in [1.29, 1.82) is 0 Å². The molecule has 2 N–H and O–H groups in total. The molecule has 136 valence electrons. The zero-order valence-corrected chi connectivity index (χ0v) is 15.3. The Hall–Kier alpha value is -2.33. The lowest BCUT2D eigenvalue weighted by Gasteiger charge is -2.22. The summed E-state index contributed by atoms with van der Waals surface area (Å²) >= 11 is 0. The van der Waals surface area contributed by atoms with E-state index in [1.165, 1.54) is 0 Å². The molecule has 7 nitrogen and oxygen atoms in total. The van der Waals surface area contributed by atoms with Crippen molar-refractivity contribution >= 4 is 11.8 Å². The molecular weight excluding hydrogens is 320 g/mol. The van der Waals surface area contributed by atoms with Gasteiger partial charge in [0.25, 0.3) is 5.91 Å². The Balaban J connectivity index is 2.03. The van der Waals surface area contributed by atoms with Gasteiger partial charge in [-0.2, -0.15) is 0 Å². The molecule has 0 aromatic carbocycles. The number of aromatic nitrogens is 1. The van der Waals surface area contributed by atoms with Crippen LogP contribution in [-0.2, 0) is 4.79 Å². The van der Waals surface area contributed by atoms with Gasteiger partial charge in [0, 0.05) is 31.1 Å². The quantitative estimate of drug-likeness (QED) is 0.780. The van der Waals surface area contributed by atoms with Crippen molar-refractivity contribution in [2.24, 2.45) is 0 Å². The fourth-order valence-corrected chi connectivity index (χ4v) is 2.85. The Labute approximate surface area is 148 Å². The van der Waals surface area contributed by atoms with Crippen LogP contribution in [0, 0.1) is 18.8 Å². The summed E-state index contributed by atoms with van der Waals surface area (Å²) in [4.78, 5) is 26.7. The normalized spacial score (nSPS) is 20.2. The summed E-state index contributed by atoms with van der Waals surface area (Å²) in [5.41, 5.74) is 0.655. The molecule has 1 aliphatic rings. The number of amides is 2. The molecule has 1 aliphatic heterocycles. The van der Waals surface area contributed by atoms with Gasteiger partial charge < -0.3 is 15.2 Å². The van der Waals surface area contributed by atoms with Crippen molar-refractivity contribution in [1.82, 2.24) is 20.7 Å². The smallest absolute Gasteiger partial charge is 0.290 e. The standard InChI is InChI=1S/C18H26N4O3/c1-5-6-7-8-22-11-14(10-15(22)17(23)19-12(2)3)20-18(24)16-9-13(4)21-25-16/h9,12,14-15H,5,8,10-11H2,1-4H3,(H,19,23)(H,20,24)/t14-,15+/m1/s1. The molecule has 1 fully saturated rings. The third kappa shape index (κ3) is 5.33. The Kier molecular flexibility index (Phi) is 6.59. The number of nitrogens with one attached hydrogen (secondary N) is 2. The number of carbonyl (C=O) groups excluding carboxylic acids is 2. The summed E-state index contributed by atoms with van der Waals surface area (Å²) in [6.07, 6.45) is 1.33. The van der Waals surface area contributed by atoms with E-state index in [1.54, 1.807) is 13.0 Å². The molecule has 25 heavy (non-hydrogen) atoms. The number of rotatable bonds is 5. The second-order valence-electron chi connectivity index (χ2n) is 6.55. The average Bonchev–Trinajstić information content (AvgIpc) is 3.13. The minimum absolute atomic E-state index is 0.0273. The van der Waals surface area contributed by atoms with Crippen molar-refractivity contribution in [2.75, 3.05) is 13.1 Å². The molecule has 2 amide bonds. The lowest BCUT2D eigenvalue weighted by atomic mass is 10.1. The van der Waals surface area contributed by atoms with E-state index in [1.807, 2.05) is 25.7 Å². The molecule has 7 heteroatoms. The lowest BCUT2D eigenvalue weighted by Crippen LogP contribution is -2.45. The van der Waals surface area contributed by atoms with E-state index >= 15 is 0 Å². The van der Waals surface area contributed by atoms with Crippen molar-refractivity contribution in [3.63, 3.8) is 0 Å². The summed E-state index contributed by atoms with van der Waals surface area (Å²) in [5.74, 6) is 5.95. The Bertz CT molecular complexity index is 671. The van der Waals surface area contributed by atoms with E-state index < -0.39 is 0 Å². The van der Waals surface area contributed by atoms with Crippen LogP contribution in [0.4, 0.5) is 0 Å². The van der Waals surface area contributed by atoms with Crippen molar-refractivity contribution < 1.29 is 14.1 Å². The molecule has 0 aliphatic carbocycles. The molecule has 2 rings (SSSR count). The highest BCUT2D eigenvalue weighted by Crippen LogP contribution is 2.18. The van der Waals surface area contributed by atoms with E-state index in [2.05, 4.69) is 27.6 Å². The SMILES string of the molecule is CCC#CCN1C[C@H](NC(=O)c2cc(C)no2)C[C@H]1C(=O)NC(C)C. The molecule has 0 bridgehead atoms. The number of hydrogen-bond donors (Lipinski definition) is 2. The maximum Gasteiger partial charge on any atom is 0.290 e. The van der Waals surface area contributed by atoms with Crippen LogP contribution in [0.25, 0.3) is 0 Å². The maximum atomic E-state index is 12.5. The van der Waals surface area contributed by atoms with E-state index in [0.717, 1.165) is 6.42 Å². The highest BCUT2D eigenvalue weighted by molar-refractivity contribution is 5.91. The number of hydrogen-bond acceptors (Lipinski definition) is 5. The maximum absolute atomic E-state index is 12.5. The van der Waals surface area contributed by atoms with Crippen molar-refractivity contribution in [2.45, 2.75) is 58.7 Å². The van der Waals surface area contributed by atoms with Crippen LogP contribution >= 0.6 is 0 Å². The molecule has 1 aromatic heterocycles. The largest absolute Gasteiger partial charge is 0.353 e. The molecule has 0 spiro atoms. The second kappa shape index (κ2) is 8.67. The number of aryl methyl sites for hydroxylation is 1. The molecule has 0 unspecified atom stereocenters. The third-order valence-electron chi connectivity index (χ3n) is 3.91. The number of likely N-dealkylation sites (tertiary alicyclic amines) is 1. The minimum Gasteiger partial charge on any atom is -0.353 e. The van der Waals surface area contributed by atoms with Gasteiger partial charge in [-0.25, -0.2) is 0 Å². The Morgan fingerprint density at radius 1 is 1.44 bits per heavy atom. The number of nitrogens with zero attached hydrogens (tertiary/aromatic N) is 2. The van der Waals surface area contributed by atoms with E-state index in [-0.39, 0.29) is 35.7 Å². The summed E-state index contributed by atoms with van der Waals surface area (Å²) in [6, 6.07) is 1.24. The van der Waals surface area contributed by atoms with Gasteiger partial charge >= 0.3 is 0 Å². The highest BCUT2D eigenvalue weighted by Gasteiger charge is 2.37. The van der Waals surface area contributed by atoms with Crippen LogP contribution in [0.5, 0.6) is 0 Å². The first-order chi connectivity index (χ1) is 11.9. The zero-order valence-electron chi connectivity index (χ0n) is 15.3. The Morgan fingerprint density at radius 2 is 2.20 bits per heavy atom. The van der Waals surface area contributed by atoms with Crippen LogP contribution in [0.15, 0.2) is 10.6 Å². The van der Waals surface area contributed by atoms with Crippen LogP contribution < -0.4 is 10.6 Å². The second-order valence-corrected chi connectivity index (χ2v) is 6.55. The van der Waals surface area contributed by atoms with Gasteiger partial charge in [0.2, 0.25) is 11.7 Å². The monoisotopic (exact) mass is 346 g/mol. The lowest BCUT2D eigenvalue weighted by molar-refractivity contribution is -0.125. The molecule has 1 saturated heterocycles. The molecular formula is C18H26N4O3. The molecule has 0 radical (unpaired) electrons. The summed E-state index contributed by atoms with van der Waals surface area (Å²) in [7, 11) is 0. The van der Waals surface area contributed by atoms with E-state index in [9.17, 15) is 9.59 Å². The molecule has 0 saturated carbocycles. The van der Waals surface area contributed by atoms with E-state index in [4.69, 9.17) is 4.52 Å². The minimum atomic E-state index is -0.310. The van der Waals surface area contributed by atoms with Gasteiger partial charge in [0.15, 0.2) is 0 Å². The highest BCUT2D eigenvalue weighted by atomic mass is 16.5. The van der Waals surface area contributed by atoms with Gasteiger partial charge in [0.1, 0.15) is 0 Å². The summed E-state index contributed by atoms with van der Waals surface area (Å²) in [5, 5.41) is 9.59. The van der Waals surface area contributed by atoms with Crippen molar-refractivity contribution in [3.8, 4) is 11.8 Å². The molecule has 2 atom stereocenters. The number of carbonyl (C=O) groups is 2. The predicted octanol–water partition coefficient (Wildman–Crippen LogP) is 1.09.